The highest BCUT2D eigenvalue weighted by atomic mass is 16.5. The van der Waals surface area contributed by atoms with Gasteiger partial charge < -0.3 is 14.2 Å². The third-order valence-corrected chi connectivity index (χ3v) is 8.15. The molecule has 0 aliphatic carbocycles. The fourth-order valence-electron chi connectivity index (χ4n) is 5.50. The standard InChI is InChI=1S/C37H62O6/c1-6-11-14-15-16-19-26-41-37(40)34-27-32(35(38)42-28-30(20-9-4)22-17-12-7-2)24-25-33(34)36(39)43-29-31(21-10-5)23-18-13-8-3/h24-25,27,30-31H,6-23,26,28-29H2,1-5H3. The summed E-state index contributed by atoms with van der Waals surface area (Å²) in [5, 5.41) is 0. The molecule has 0 aromatic heterocycles. The Hall–Kier alpha value is -2.37. The second-order valence-electron chi connectivity index (χ2n) is 12.2. The minimum Gasteiger partial charge on any atom is -0.462 e. The number of hydrogen-bond donors (Lipinski definition) is 0. The Bertz CT molecular complexity index is 895. The van der Waals surface area contributed by atoms with E-state index in [4.69, 9.17) is 14.2 Å². The van der Waals surface area contributed by atoms with Crippen molar-refractivity contribution in [3.05, 3.63) is 34.9 Å². The van der Waals surface area contributed by atoms with E-state index in [0.717, 1.165) is 89.9 Å². The molecule has 2 unspecified atom stereocenters. The highest BCUT2D eigenvalue weighted by Crippen LogP contribution is 2.21. The highest BCUT2D eigenvalue weighted by molar-refractivity contribution is 6.05. The smallest absolute Gasteiger partial charge is 0.339 e. The first-order valence-electron chi connectivity index (χ1n) is 17.6. The fraction of sp³-hybridized carbons (Fsp3) is 0.757. The number of esters is 3. The summed E-state index contributed by atoms with van der Waals surface area (Å²) in [6, 6.07) is 4.51. The summed E-state index contributed by atoms with van der Waals surface area (Å²) >= 11 is 0. The zero-order valence-electron chi connectivity index (χ0n) is 28.2. The number of hydrogen-bond acceptors (Lipinski definition) is 6. The average Bonchev–Trinajstić information content (AvgIpc) is 3.01. The van der Waals surface area contributed by atoms with E-state index in [0.29, 0.717) is 25.0 Å². The highest BCUT2D eigenvalue weighted by Gasteiger charge is 2.24. The summed E-state index contributed by atoms with van der Waals surface area (Å²) in [7, 11) is 0. The molecular formula is C37H62O6. The summed E-state index contributed by atoms with van der Waals surface area (Å²) in [4.78, 5) is 39.5. The molecule has 0 aliphatic heterocycles. The predicted molar refractivity (Wildman–Crippen MR) is 176 cm³/mol. The van der Waals surface area contributed by atoms with Crippen LogP contribution in [0.1, 0.15) is 181 Å². The van der Waals surface area contributed by atoms with Gasteiger partial charge in [-0.15, -0.1) is 0 Å². The van der Waals surface area contributed by atoms with E-state index in [9.17, 15) is 14.4 Å². The van der Waals surface area contributed by atoms with E-state index in [2.05, 4.69) is 34.6 Å². The van der Waals surface area contributed by atoms with Crippen molar-refractivity contribution in [1.82, 2.24) is 0 Å². The van der Waals surface area contributed by atoms with Crippen LogP contribution in [-0.2, 0) is 14.2 Å². The van der Waals surface area contributed by atoms with Crippen LogP contribution in [0.4, 0.5) is 0 Å². The van der Waals surface area contributed by atoms with Crippen LogP contribution >= 0.6 is 0 Å². The van der Waals surface area contributed by atoms with E-state index in [1.54, 1.807) is 6.07 Å². The van der Waals surface area contributed by atoms with Gasteiger partial charge in [0.2, 0.25) is 0 Å². The van der Waals surface area contributed by atoms with E-state index in [1.807, 2.05) is 0 Å². The van der Waals surface area contributed by atoms with Crippen molar-refractivity contribution < 1.29 is 28.6 Å². The number of rotatable bonds is 26. The Morgan fingerprint density at radius 3 is 1.56 bits per heavy atom. The first kappa shape index (κ1) is 38.7. The second-order valence-corrected chi connectivity index (χ2v) is 12.2. The zero-order chi connectivity index (χ0) is 31.7. The van der Waals surface area contributed by atoms with Crippen LogP contribution in [0, 0.1) is 11.8 Å². The molecule has 1 aromatic rings. The van der Waals surface area contributed by atoms with Crippen LogP contribution in [0.5, 0.6) is 0 Å². The van der Waals surface area contributed by atoms with Gasteiger partial charge in [0.1, 0.15) is 0 Å². The molecule has 1 rings (SSSR count). The Labute approximate surface area is 263 Å². The number of carbonyl (C=O) groups is 3. The molecule has 0 bridgehead atoms. The first-order valence-corrected chi connectivity index (χ1v) is 17.6. The van der Waals surface area contributed by atoms with Crippen molar-refractivity contribution in [2.24, 2.45) is 11.8 Å². The van der Waals surface area contributed by atoms with Crippen LogP contribution in [-0.4, -0.2) is 37.7 Å². The van der Waals surface area contributed by atoms with Crippen LogP contribution < -0.4 is 0 Å². The van der Waals surface area contributed by atoms with Crippen LogP contribution in [0.15, 0.2) is 18.2 Å². The lowest BCUT2D eigenvalue weighted by Crippen LogP contribution is -2.20. The van der Waals surface area contributed by atoms with Gasteiger partial charge in [-0.2, -0.15) is 0 Å². The molecule has 246 valence electrons. The molecule has 0 amide bonds. The number of benzene rings is 1. The van der Waals surface area contributed by atoms with Gasteiger partial charge in [0.05, 0.1) is 36.5 Å². The monoisotopic (exact) mass is 602 g/mol. The normalized spacial score (nSPS) is 12.5. The molecule has 1 aromatic carbocycles. The maximum absolute atomic E-state index is 13.2. The van der Waals surface area contributed by atoms with Crippen molar-refractivity contribution in [2.75, 3.05) is 19.8 Å². The van der Waals surface area contributed by atoms with Gasteiger partial charge in [0, 0.05) is 0 Å². The molecule has 6 heteroatoms. The minimum atomic E-state index is -0.605. The van der Waals surface area contributed by atoms with E-state index in [1.165, 1.54) is 37.8 Å². The molecule has 0 saturated carbocycles. The molecule has 6 nitrogen and oxygen atoms in total. The fourth-order valence-corrected chi connectivity index (χ4v) is 5.50. The first-order chi connectivity index (χ1) is 20.9. The summed E-state index contributed by atoms with van der Waals surface area (Å²) in [5.74, 6) is -1.02. The Morgan fingerprint density at radius 2 is 1.00 bits per heavy atom. The molecule has 0 aliphatic rings. The van der Waals surface area contributed by atoms with Gasteiger partial charge >= 0.3 is 17.9 Å². The largest absolute Gasteiger partial charge is 0.462 e. The minimum absolute atomic E-state index is 0.0662. The SMILES string of the molecule is CCCCCCCCOC(=O)c1cc(C(=O)OCC(CCC)CCCCC)ccc1C(=O)OCC(CCC)CCCCC. The Kier molecular flexibility index (Phi) is 22.5. The molecule has 0 fully saturated rings. The van der Waals surface area contributed by atoms with Crippen molar-refractivity contribution in [2.45, 2.75) is 150 Å². The quantitative estimate of drug-likeness (QED) is 0.0596. The van der Waals surface area contributed by atoms with Gasteiger partial charge in [-0.3, -0.25) is 0 Å². The summed E-state index contributed by atoms with van der Waals surface area (Å²) in [6.07, 6.45) is 19.4. The number of carbonyl (C=O) groups excluding carboxylic acids is 3. The maximum atomic E-state index is 13.2. The molecule has 0 saturated heterocycles. The maximum Gasteiger partial charge on any atom is 0.339 e. The molecule has 2 atom stereocenters. The van der Waals surface area contributed by atoms with Gasteiger partial charge in [-0.25, -0.2) is 14.4 Å². The molecule has 0 N–H and O–H groups in total. The summed E-state index contributed by atoms with van der Waals surface area (Å²) in [6.45, 7) is 11.8. The van der Waals surface area contributed by atoms with E-state index in [-0.39, 0.29) is 23.3 Å². The van der Waals surface area contributed by atoms with Crippen molar-refractivity contribution in [1.29, 1.82) is 0 Å². The van der Waals surface area contributed by atoms with Gasteiger partial charge in [-0.1, -0.05) is 118 Å². The lowest BCUT2D eigenvalue weighted by atomic mass is 9.97. The predicted octanol–water partition coefficient (Wildman–Crippen LogP) is 10.5. The van der Waals surface area contributed by atoms with Gasteiger partial charge in [-0.05, 0) is 62.1 Å². The Morgan fingerprint density at radius 1 is 0.512 bits per heavy atom. The van der Waals surface area contributed by atoms with E-state index >= 15 is 0 Å². The average molecular weight is 603 g/mol. The number of ether oxygens (including phenoxy) is 3. The molecule has 0 radical (unpaired) electrons. The topological polar surface area (TPSA) is 78.9 Å². The second kappa shape index (κ2) is 25.0. The van der Waals surface area contributed by atoms with Gasteiger partial charge in [0.25, 0.3) is 0 Å². The summed E-state index contributed by atoms with van der Waals surface area (Å²) < 4.78 is 17.0. The summed E-state index contributed by atoms with van der Waals surface area (Å²) in [5.41, 5.74) is 0.448. The third-order valence-electron chi connectivity index (χ3n) is 8.15. The molecule has 0 spiro atoms. The van der Waals surface area contributed by atoms with Crippen LogP contribution in [0.25, 0.3) is 0 Å². The number of unbranched alkanes of at least 4 members (excludes halogenated alkanes) is 9. The van der Waals surface area contributed by atoms with Crippen molar-refractivity contribution in [3.63, 3.8) is 0 Å². The molecule has 0 heterocycles. The van der Waals surface area contributed by atoms with Crippen molar-refractivity contribution in [3.8, 4) is 0 Å². The van der Waals surface area contributed by atoms with Crippen LogP contribution in [0.3, 0.4) is 0 Å². The molecular weight excluding hydrogens is 540 g/mol. The molecule has 43 heavy (non-hydrogen) atoms. The van der Waals surface area contributed by atoms with Crippen LogP contribution in [0.2, 0.25) is 0 Å². The third kappa shape index (κ3) is 16.9. The zero-order valence-corrected chi connectivity index (χ0v) is 28.2. The Balaban J connectivity index is 3.00. The van der Waals surface area contributed by atoms with E-state index < -0.39 is 17.9 Å². The lowest BCUT2D eigenvalue weighted by Gasteiger charge is -2.18. The lowest BCUT2D eigenvalue weighted by molar-refractivity contribution is 0.0395. The van der Waals surface area contributed by atoms with Gasteiger partial charge in [0.15, 0.2) is 0 Å². The van der Waals surface area contributed by atoms with Crippen molar-refractivity contribution >= 4 is 17.9 Å².